The molecule has 0 fully saturated rings. The molecule has 0 aliphatic heterocycles. The van der Waals surface area contributed by atoms with Gasteiger partial charge in [-0.05, 0) is 48.9 Å². The lowest BCUT2D eigenvalue weighted by atomic mass is 10.1. The molecule has 0 radical (unpaired) electrons. The van der Waals surface area contributed by atoms with E-state index < -0.39 is 27.6 Å². The fourth-order valence-electron chi connectivity index (χ4n) is 2.94. The highest BCUT2D eigenvalue weighted by atomic mass is 35.5. The van der Waals surface area contributed by atoms with Crippen LogP contribution in [0.25, 0.3) is 0 Å². The van der Waals surface area contributed by atoms with Crippen molar-refractivity contribution in [1.29, 1.82) is 0 Å². The Morgan fingerprint density at radius 1 is 1.03 bits per heavy atom. The molecular weight excluding hydrogens is 462 g/mol. The Hall–Kier alpha value is -3.17. The molecule has 2 N–H and O–H groups in total. The molecule has 0 saturated carbocycles. The lowest BCUT2D eigenvalue weighted by molar-refractivity contribution is -0.116. The van der Waals surface area contributed by atoms with E-state index in [0.29, 0.717) is 0 Å². The molecule has 0 saturated heterocycles. The molecule has 32 heavy (non-hydrogen) atoms. The standard InChI is InChI=1S/C22H19ClF2N2O4S/c1-31-20-11-9-14(26-22(28)12-10-15-17(24)6-4-7-18(15)25)13-21(20)32(29,30)27-19-8-3-2-5-16(19)23/h2-9,11,13,27H,10,12H2,1H3,(H,26,28). The Labute approximate surface area is 189 Å². The highest BCUT2D eigenvalue weighted by Gasteiger charge is 2.22. The van der Waals surface area contributed by atoms with Crippen molar-refractivity contribution in [3.63, 3.8) is 0 Å². The Kier molecular flexibility index (Phi) is 7.32. The summed E-state index contributed by atoms with van der Waals surface area (Å²) in [4.78, 5) is 12.1. The van der Waals surface area contributed by atoms with Gasteiger partial charge in [0.05, 0.1) is 17.8 Å². The first-order valence-electron chi connectivity index (χ1n) is 9.39. The van der Waals surface area contributed by atoms with Gasteiger partial charge in [0.1, 0.15) is 22.3 Å². The quantitative estimate of drug-likeness (QED) is 0.475. The van der Waals surface area contributed by atoms with E-state index in [0.717, 1.165) is 12.1 Å². The lowest BCUT2D eigenvalue weighted by Gasteiger charge is -2.14. The van der Waals surface area contributed by atoms with Crippen LogP contribution < -0.4 is 14.8 Å². The minimum Gasteiger partial charge on any atom is -0.495 e. The van der Waals surface area contributed by atoms with Gasteiger partial charge in [0.15, 0.2) is 0 Å². The zero-order chi connectivity index (χ0) is 23.3. The van der Waals surface area contributed by atoms with Crippen LogP contribution in [0.3, 0.4) is 0 Å². The van der Waals surface area contributed by atoms with E-state index in [4.69, 9.17) is 16.3 Å². The summed E-state index contributed by atoms with van der Waals surface area (Å²) in [5.74, 6) is -1.96. The van der Waals surface area contributed by atoms with Crippen molar-refractivity contribution in [2.75, 3.05) is 17.1 Å². The molecule has 3 rings (SSSR count). The average molecular weight is 481 g/mol. The molecule has 0 bridgehead atoms. The van der Waals surface area contributed by atoms with Gasteiger partial charge in [-0.1, -0.05) is 29.8 Å². The van der Waals surface area contributed by atoms with Gasteiger partial charge in [0.25, 0.3) is 10.0 Å². The second-order valence-electron chi connectivity index (χ2n) is 6.70. The predicted molar refractivity (Wildman–Crippen MR) is 119 cm³/mol. The third-order valence-corrected chi connectivity index (χ3v) is 6.24. The summed E-state index contributed by atoms with van der Waals surface area (Å²) in [6, 6.07) is 13.8. The van der Waals surface area contributed by atoms with Gasteiger partial charge in [-0.15, -0.1) is 0 Å². The maximum atomic E-state index is 13.7. The highest BCUT2D eigenvalue weighted by Crippen LogP contribution is 2.31. The van der Waals surface area contributed by atoms with Crippen LogP contribution in [0.1, 0.15) is 12.0 Å². The first-order chi connectivity index (χ1) is 15.2. The van der Waals surface area contributed by atoms with Crippen LogP contribution in [0.5, 0.6) is 5.75 Å². The topological polar surface area (TPSA) is 84.5 Å². The molecule has 0 heterocycles. The first kappa shape index (κ1) is 23.5. The molecular formula is C22H19ClF2N2O4S. The maximum Gasteiger partial charge on any atom is 0.265 e. The van der Waals surface area contributed by atoms with Crippen molar-refractivity contribution >= 4 is 38.9 Å². The summed E-state index contributed by atoms with van der Waals surface area (Å²) in [5.41, 5.74) is 0.159. The number of hydrogen-bond donors (Lipinski definition) is 2. The van der Waals surface area contributed by atoms with Gasteiger partial charge in [0, 0.05) is 17.7 Å². The SMILES string of the molecule is COc1ccc(NC(=O)CCc2c(F)cccc2F)cc1S(=O)(=O)Nc1ccccc1Cl. The van der Waals surface area contributed by atoms with E-state index in [-0.39, 0.29) is 45.4 Å². The molecule has 0 atom stereocenters. The first-order valence-corrected chi connectivity index (χ1v) is 11.3. The Morgan fingerprint density at radius 2 is 1.72 bits per heavy atom. The van der Waals surface area contributed by atoms with E-state index in [9.17, 15) is 22.0 Å². The minimum atomic E-state index is -4.11. The number of benzene rings is 3. The number of methoxy groups -OCH3 is 1. The molecule has 3 aromatic rings. The molecule has 6 nitrogen and oxygen atoms in total. The number of nitrogens with one attached hydrogen (secondary N) is 2. The molecule has 0 unspecified atom stereocenters. The number of rotatable bonds is 8. The number of hydrogen-bond acceptors (Lipinski definition) is 4. The number of amides is 1. The van der Waals surface area contributed by atoms with Gasteiger partial charge in [-0.2, -0.15) is 0 Å². The number of para-hydroxylation sites is 1. The van der Waals surface area contributed by atoms with Gasteiger partial charge in [-0.3, -0.25) is 9.52 Å². The number of sulfonamides is 1. The van der Waals surface area contributed by atoms with Crippen LogP contribution in [-0.4, -0.2) is 21.4 Å². The second kappa shape index (κ2) is 9.97. The molecule has 168 valence electrons. The summed E-state index contributed by atoms with van der Waals surface area (Å²) in [7, 11) is -2.80. The number of carbonyl (C=O) groups is 1. The van der Waals surface area contributed by atoms with Crippen molar-refractivity contribution in [1.82, 2.24) is 0 Å². The molecule has 0 aromatic heterocycles. The summed E-state index contributed by atoms with van der Waals surface area (Å²) >= 11 is 6.03. The third kappa shape index (κ3) is 5.54. The van der Waals surface area contributed by atoms with E-state index in [1.807, 2.05) is 0 Å². The van der Waals surface area contributed by atoms with Crippen LogP contribution >= 0.6 is 11.6 Å². The number of halogens is 3. The van der Waals surface area contributed by atoms with E-state index in [1.54, 1.807) is 12.1 Å². The fourth-order valence-corrected chi connectivity index (χ4v) is 4.46. The van der Waals surface area contributed by atoms with E-state index in [1.165, 1.54) is 43.5 Å². The summed E-state index contributed by atoms with van der Waals surface area (Å²) in [6.45, 7) is 0. The Morgan fingerprint density at radius 3 is 2.38 bits per heavy atom. The van der Waals surface area contributed by atoms with Crippen molar-refractivity contribution in [2.45, 2.75) is 17.7 Å². The van der Waals surface area contributed by atoms with Crippen LogP contribution in [0.4, 0.5) is 20.2 Å². The van der Waals surface area contributed by atoms with E-state index in [2.05, 4.69) is 10.0 Å². The van der Waals surface area contributed by atoms with Crippen LogP contribution in [0.2, 0.25) is 5.02 Å². The summed E-state index contributed by atoms with van der Waals surface area (Å²) in [6.07, 6.45) is -0.358. The normalized spacial score (nSPS) is 11.1. The number of carbonyl (C=O) groups excluding carboxylic acids is 1. The molecule has 1 amide bonds. The number of ether oxygens (including phenoxy) is 1. The zero-order valence-electron chi connectivity index (χ0n) is 16.9. The van der Waals surface area contributed by atoms with Crippen LogP contribution in [0, 0.1) is 11.6 Å². The second-order valence-corrected chi connectivity index (χ2v) is 8.76. The van der Waals surface area contributed by atoms with Gasteiger partial charge in [-0.25, -0.2) is 17.2 Å². The van der Waals surface area contributed by atoms with Crippen molar-refractivity contribution in [2.24, 2.45) is 0 Å². The average Bonchev–Trinajstić information content (AvgIpc) is 2.75. The van der Waals surface area contributed by atoms with Crippen molar-refractivity contribution in [3.8, 4) is 5.75 Å². The largest absolute Gasteiger partial charge is 0.495 e. The van der Waals surface area contributed by atoms with Gasteiger partial charge < -0.3 is 10.1 Å². The lowest BCUT2D eigenvalue weighted by Crippen LogP contribution is -2.16. The zero-order valence-corrected chi connectivity index (χ0v) is 18.4. The molecule has 0 spiro atoms. The fraction of sp³-hybridized carbons (Fsp3) is 0.136. The van der Waals surface area contributed by atoms with Crippen molar-refractivity contribution in [3.05, 3.63) is 82.9 Å². The minimum absolute atomic E-state index is 0.0518. The molecule has 0 aliphatic carbocycles. The predicted octanol–water partition coefficient (Wildman–Crippen LogP) is 5.00. The number of anilines is 2. The van der Waals surface area contributed by atoms with E-state index >= 15 is 0 Å². The maximum absolute atomic E-state index is 13.7. The third-order valence-electron chi connectivity index (χ3n) is 4.52. The summed E-state index contributed by atoms with van der Waals surface area (Å²) in [5, 5.41) is 2.74. The summed E-state index contributed by atoms with van der Waals surface area (Å²) < 4.78 is 60.8. The monoisotopic (exact) mass is 480 g/mol. The van der Waals surface area contributed by atoms with Gasteiger partial charge >= 0.3 is 0 Å². The smallest absolute Gasteiger partial charge is 0.265 e. The molecule has 10 heteroatoms. The van der Waals surface area contributed by atoms with Crippen LogP contribution in [-0.2, 0) is 21.2 Å². The Balaban J connectivity index is 1.78. The molecule has 0 aliphatic rings. The highest BCUT2D eigenvalue weighted by molar-refractivity contribution is 7.92. The van der Waals surface area contributed by atoms with Crippen LogP contribution in [0.15, 0.2) is 65.6 Å². The van der Waals surface area contributed by atoms with Crippen molar-refractivity contribution < 1.29 is 26.7 Å². The van der Waals surface area contributed by atoms with Gasteiger partial charge in [0.2, 0.25) is 5.91 Å². The Bertz CT molecular complexity index is 1230. The molecule has 3 aromatic carbocycles.